The Morgan fingerprint density at radius 1 is 1.50 bits per heavy atom. The van der Waals surface area contributed by atoms with Gasteiger partial charge in [0.25, 0.3) is 5.91 Å². The van der Waals surface area contributed by atoms with E-state index in [9.17, 15) is 9.18 Å². The molecule has 104 valence electrons. The van der Waals surface area contributed by atoms with E-state index in [2.05, 4.69) is 15.6 Å². The fourth-order valence-electron chi connectivity index (χ4n) is 2.28. The number of rotatable bonds is 2. The van der Waals surface area contributed by atoms with Crippen molar-refractivity contribution in [2.24, 2.45) is 0 Å². The van der Waals surface area contributed by atoms with Crippen LogP contribution in [0.4, 0.5) is 10.1 Å². The van der Waals surface area contributed by atoms with Gasteiger partial charge >= 0.3 is 0 Å². The van der Waals surface area contributed by atoms with Gasteiger partial charge in [-0.3, -0.25) is 4.79 Å². The minimum Gasteiger partial charge on any atom is -0.319 e. The van der Waals surface area contributed by atoms with Crippen molar-refractivity contribution in [3.63, 3.8) is 0 Å². The molecule has 0 saturated heterocycles. The van der Waals surface area contributed by atoms with Crippen LogP contribution in [0, 0.1) is 12.7 Å². The summed E-state index contributed by atoms with van der Waals surface area (Å²) in [7, 11) is 0. The van der Waals surface area contributed by atoms with Crippen molar-refractivity contribution in [1.29, 1.82) is 0 Å². The number of carbonyl (C=O) groups is 1. The van der Waals surface area contributed by atoms with Gasteiger partial charge in [-0.2, -0.15) is 0 Å². The molecule has 0 atom stereocenters. The van der Waals surface area contributed by atoms with E-state index in [0.717, 1.165) is 17.1 Å². The Morgan fingerprint density at radius 3 is 3.10 bits per heavy atom. The molecular formula is C14H14FN3OS. The molecule has 2 N–H and O–H groups in total. The first-order valence-corrected chi connectivity index (χ1v) is 7.21. The first-order valence-electron chi connectivity index (χ1n) is 6.40. The topological polar surface area (TPSA) is 54.0 Å². The molecule has 1 aromatic heterocycles. The van der Waals surface area contributed by atoms with Crippen molar-refractivity contribution < 1.29 is 9.18 Å². The summed E-state index contributed by atoms with van der Waals surface area (Å²) in [5.74, 6) is -0.637. The highest BCUT2D eigenvalue weighted by Crippen LogP contribution is 2.25. The monoisotopic (exact) mass is 291 g/mol. The highest BCUT2D eigenvalue weighted by molar-refractivity contribution is 7.13. The molecule has 0 radical (unpaired) electrons. The largest absolute Gasteiger partial charge is 0.319 e. The number of benzene rings is 1. The molecular weight excluding hydrogens is 277 g/mol. The molecule has 0 fully saturated rings. The van der Waals surface area contributed by atoms with Gasteiger partial charge in [-0.1, -0.05) is 6.07 Å². The minimum atomic E-state index is -0.321. The zero-order chi connectivity index (χ0) is 14.1. The minimum absolute atomic E-state index is 0.238. The standard InChI is InChI=1S/C14H14FN3OS/c1-8-17-7-12(20-8)14(19)18-11-3-2-9-6-16-5-4-10(9)13(11)15/h2-3,7,16H,4-6H2,1H3,(H,18,19). The SMILES string of the molecule is Cc1ncc(C(=O)Nc2ccc3c(c2F)CCNC3)s1. The molecule has 20 heavy (non-hydrogen) atoms. The number of hydrogen-bond donors (Lipinski definition) is 2. The Bertz CT molecular complexity index is 668. The van der Waals surface area contributed by atoms with Crippen LogP contribution in [0.5, 0.6) is 0 Å². The van der Waals surface area contributed by atoms with Crippen LogP contribution < -0.4 is 10.6 Å². The van der Waals surface area contributed by atoms with Crippen molar-refractivity contribution >= 4 is 22.9 Å². The van der Waals surface area contributed by atoms with Gasteiger partial charge in [0.2, 0.25) is 0 Å². The van der Waals surface area contributed by atoms with Gasteiger partial charge in [0.15, 0.2) is 0 Å². The number of hydrogen-bond acceptors (Lipinski definition) is 4. The summed E-state index contributed by atoms with van der Waals surface area (Å²) >= 11 is 1.29. The molecule has 1 amide bonds. The molecule has 0 unspecified atom stereocenters. The Labute approximate surface area is 120 Å². The molecule has 6 heteroatoms. The Morgan fingerprint density at radius 2 is 2.35 bits per heavy atom. The van der Waals surface area contributed by atoms with E-state index in [1.807, 2.05) is 13.0 Å². The van der Waals surface area contributed by atoms with Crippen molar-refractivity contribution in [3.8, 4) is 0 Å². The average Bonchev–Trinajstić information content (AvgIpc) is 2.89. The number of aromatic nitrogens is 1. The normalized spacial score (nSPS) is 13.9. The molecule has 1 aromatic carbocycles. The summed E-state index contributed by atoms with van der Waals surface area (Å²) < 4.78 is 14.4. The maximum atomic E-state index is 14.4. The second kappa shape index (κ2) is 5.30. The maximum absolute atomic E-state index is 14.4. The highest BCUT2D eigenvalue weighted by atomic mass is 32.1. The highest BCUT2D eigenvalue weighted by Gasteiger charge is 2.18. The quantitative estimate of drug-likeness (QED) is 0.894. The lowest BCUT2D eigenvalue weighted by molar-refractivity contribution is 0.103. The fourth-order valence-corrected chi connectivity index (χ4v) is 2.95. The number of nitrogens with zero attached hydrogens (tertiary/aromatic N) is 1. The Hall–Kier alpha value is -1.79. The van der Waals surface area contributed by atoms with E-state index in [-0.39, 0.29) is 17.4 Å². The lowest BCUT2D eigenvalue weighted by Crippen LogP contribution is -2.25. The molecule has 0 spiro atoms. The van der Waals surface area contributed by atoms with E-state index in [4.69, 9.17) is 0 Å². The molecule has 0 aliphatic carbocycles. The predicted molar refractivity (Wildman–Crippen MR) is 76.6 cm³/mol. The second-order valence-electron chi connectivity index (χ2n) is 4.69. The van der Waals surface area contributed by atoms with Crippen molar-refractivity contribution in [1.82, 2.24) is 10.3 Å². The van der Waals surface area contributed by atoms with Crippen LogP contribution in [0.1, 0.15) is 25.8 Å². The van der Waals surface area contributed by atoms with Crippen LogP contribution in [-0.2, 0) is 13.0 Å². The number of amides is 1. The van der Waals surface area contributed by atoms with Crippen LogP contribution in [0.2, 0.25) is 0 Å². The summed E-state index contributed by atoms with van der Waals surface area (Å²) in [6, 6.07) is 3.48. The van der Waals surface area contributed by atoms with Crippen LogP contribution in [0.25, 0.3) is 0 Å². The van der Waals surface area contributed by atoms with Crippen LogP contribution in [-0.4, -0.2) is 17.4 Å². The summed E-state index contributed by atoms with van der Waals surface area (Å²) in [5, 5.41) is 6.63. The smallest absolute Gasteiger partial charge is 0.267 e. The van der Waals surface area contributed by atoms with Crippen molar-refractivity contribution in [2.45, 2.75) is 19.9 Å². The number of halogens is 1. The molecule has 1 aliphatic heterocycles. The molecule has 0 bridgehead atoms. The van der Waals surface area contributed by atoms with E-state index in [1.54, 1.807) is 6.07 Å². The van der Waals surface area contributed by atoms with Gasteiger partial charge in [-0.25, -0.2) is 9.37 Å². The average molecular weight is 291 g/mol. The molecule has 2 aromatic rings. The number of thiazole rings is 1. The Balaban J connectivity index is 1.86. The van der Waals surface area contributed by atoms with Gasteiger partial charge in [-0.15, -0.1) is 11.3 Å². The summed E-state index contributed by atoms with van der Waals surface area (Å²) in [5.41, 5.74) is 1.89. The van der Waals surface area contributed by atoms with Gasteiger partial charge in [0.05, 0.1) is 16.9 Å². The summed E-state index contributed by atoms with van der Waals surface area (Å²) in [6.07, 6.45) is 2.15. The molecule has 3 rings (SSSR count). The Kier molecular flexibility index (Phi) is 3.50. The van der Waals surface area contributed by atoms with E-state index in [0.29, 0.717) is 23.4 Å². The van der Waals surface area contributed by atoms with Gasteiger partial charge in [0, 0.05) is 6.54 Å². The van der Waals surface area contributed by atoms with Crippen molar-refractivity contribution in [2.75, 3.05) is 11.9 Å². The number of aryl methyl sites for hydroxylation is 1. The summed E-state index contributed by atoms with van der Waals surface area (Å²) in [4.78, 5) is 16.5. The third kappa shape index (κ3) is 2.44. The number of carbonyl (C=O) groups excluding carboxylic acids is 1. The molecule has 1 aliphatic rings. The van der Waals surface area contributed by atoms with Crippen LogP contribution >= 0.6 is 11.3 Å². The zero-order valence-corrected chi connectivity index (χ0v) is 11.8. The predicted octanol–water partition coefficient (Wildman–Crippen LogP) is 2.49. The van der Waals surface area contributed by atoms with Gasteiger partial charge in [0.1, 0.15) is 10.7 Å². The van der Waals surface area contributed by atoms with Gasteiger partial charge < -0.3 is 10.6 Å². The zero-order valence-electron chi connectivity index (χ0n) is 11.0. The van der Waals surface area contributed by atoms with E-state index < -0.39 is 0 Å². The van der Waals surface area contributed by atoms with Crippen LogP contribution in [0.15, 0.2) is 18.3 Å². The third-order valence-electron chi connectivity index (χ3n) is 3.30. The molecule has 2 heterocycles. The lowest BCUT2D eigenvalue weighted by Gasteiger charge is -2.19. The third-order valence-corrected chi connectivity index (χ3v) is 4.21. The van der Waals surface area contributed by atoms with E-state index >= 15 is 0 Å². The van der Waals surface area contributed by atoms with Crippen molar-refractivity contribution in [3.05, 3.63) is 45.2 Å². The molecule has 4 nitrogen and oxygen atoms in total. The molecule has 0 saturated carbocycles. The number of nitrogens with one attached hydrogen (secondary N) is 2. The summed E-state index contributed by atoms with van der Waals surface area (Å²) in [6.45, 7) is 3.26. The van der Waals surface area contributed by atoms with Crippen LogP contribution in [0.3, 0.4) is 0 Å². The first kappa shape index (κ1) is 13.2. The number of fused-ring (bicyclic) bond motifs is 1. The van der Waals surface area contributed by atoms with Gasteiger partial charge in [-0.05, 0) is 37.1 Å². The first-order chi connectivity index (χ1) is 9.65. The second-order valence-corrected chi connectivity index (χ2v) is 5.92. The van der Waals surface area contributed by atoms with E-state index in [1.165, 1.54) is 17.5 Å². The fraction of sp³-hybridized carbons (Fsp3) is 0.286. The maximum Gasteiger partial charge on any atom is 0.267 e. The lowest BCUT2D eigenvalue weighted by atomic mass is 9.99. The number of anilines is 1.